The van der Waals surface area contributed by atoms with Crippen LogP contribution in [0.2, 0.25) is 0 Å². The molecule has 6 rings (SSSR count). The summed E-state index contributed by atoms with van der Waals surface area (Å²) >= 11 is 3.02. The van der Waals surface area contributed by atoms with Crippen molar-refractivity contribution in [1.29, 1.82) is 0 Å². The number of hydrogen-bond donors (Lipinski definition) is 1. The fraction of sp³-hybridized carbons (Fsp3) is 0.296. The molecule has 0 radical (unpaired) electrons. The number of Topliss-reactive ketones (excluding diaryl/α,β-unsaturated/α-hetero) is 1. The van der Waals surface area contributed by atoms with Gasteiger partial charge in [-0.15, -0.1) is 0 Å². The number of carbonyl (C=O) groups is 3. The zero-order chi connectivity index (χ0) is 28.1. The Morgan fingerprint density at radius 2 is 1.90 bits per heavy atom. The third kappa shape index (κ3) is 4.70. The summed E-state index contributed by atoms with van der Waals surface area (Å²) in [6.07, 6.45) is 4.62. The van der Waals surface area contributed by atoms with Gasteiger partial charge in [0.25, 0.3) is 0 Å². The van der Waals surface area contributed by atoms with Gasteiger partial charge in [0.2, 0.25) is 11.8 Å². The Balaban J connectivity index is 1.25. The Morgan fingerprint density at radius 1 is 1.12 bits per heavy atom. The van der Waals surface area contributed by atoms with Crippen LogP contribution in [0.4, 0.5) is 10.2 Å². The Labute approximate surface area is 235 Å². The van der Waals surface area contributed by atoms with E-state index in [9.17, 15) is 18.8 Å². The molecule has 1 aromatic carbocycles. The van der Waals surface area contributed by atoms with Crippen molar-refractivity contribution in [3.8, 4) is 17.1 Å². The van der Waals surface area contributed by atoms with E-state index in [1.54, 1.807) is 23.4 Å². The largest absolute Gasteiger partial charge is 0.467 e. The first kappa shape index (κ1) is 26.0. The van der Waals surface area contributed by atoms with Gasteiger partial charge >= 0.3 is 6.01 Å². The number of methoxy groups -OCH3 is 1. The summed E-state index contributed by atoms with van der Waals surface area (Å²) in [4.78, 5) is 53.1. The van der Waals surface area contributed by atoms with E-state index in [0.717, 1.165) is 17.5 Å². The molecule has 204 valence electrons. The van der Waals surface area contributed by atoms with Gasteiger partial charge in [-0.05, 0) is 64.5 Å². The van der Waals surface area contributed by atoms with E-state index < -0.39 is 11.9 Å². The van der Waals surface area contributed by atoms with Crippen LogP contribution >= 0.6 is 15.9 Å². The topological polar surface area (TPSA) is 132 Å². The lowest BCUT2D eigenvalue weighted by Gasteiger charge is -2.26. The van der Waals surface area contributed by atoms with Gasteiger partial charge in [0.1, 0.15) is 28.7 Å². The molecule has 4 aromatic rings. The van der Waals surface area contributed by atoms with Crippen molar-refractivity contribution in [2.24, 2.45) is 5.92 Å². The molecule has 11 nitrogen and oxygen atoms in total. The van der Waals surface area contributed by atoms with Crippen molar-refractivity contribution in [1.82, 2.24) is 29.6 Å². The molecular formula is C27H23BrFN7O4. The average molecular weight is 608 g/mol. The van der Waals surface area contributed by atoms with Crippen LogP contribution in [0.1, 0.15) is 30.3 Å². The molecule has 1 saturated heterocycles. The minimum absolute atomic E-state index is 0.0120. The highest BCUT2D eigenvalue weighted by molar-refractivity contribution is 9.10. The van der Waals surface area contributed by atoms with Crippen LogP contribution < -0.4 is 10.1 Å². The number of rotatable bonds is 7. The van der Waals surface area contributed by atoms with Crippen LogP contribution in [0.3, 0.4) is 0 Å². The number of carbonyl (C=O) groups excluding carboxylic acids is 3. The molecule has 1 saturated carbocycles. The molecule has 0 spiro atoms. The molecular weight excluding hydrogens is 585 g/mol. The molecule has 1 aliphatic heterocycles. The van der Waals surface area contributed by atoms with Gasteiger partial charge in [-0.3, -0.25) is 19.1 Å². The molecule has 4 heterocycles. The number of hydrogen-bond acceptors (Lipinski definition) is 8. The highest BCUT2D eigenvalue weighted by Gasteiger charge is 2.56. The van der Waals surface area contributed by atoms with Crippen LogP contribution in [-0.4, -0.2) is 66.4 Å². The summed E-state index contributed by atoms with van der Waals surface area (Å²) in [5.41, 5.74) is 2.37. The zero-order valence-electron chi connectivity index (χ0n) is 21.5. The van der Waals surface area contributed by atoms with E-state index in [1.165, 1.54) is 30.8 Å². The Kier molecular flexibility index (Phi) is 6.53. The molecule has 1 N–H and O–H groups in total. The normalized spacial score (nSPS) is 19.4. The number of halogens is 2. The summed E-state index contributed by atoms with van der Waals surface area (Å²) in [5.74, 6) is -0.994. The number of fused-ring (bicyclic) bond motifs is 2. The Morgan fingerprint density at radius 3 is 2.60 bits per heavy atom. The second-order valence-corrected chi connectivity index (χ2v) is 10.6. The van der Waals surface area contributed by atoms with E-state index in [4.69, 9.17) is 4.74 Å². The third-order valence-electron chi connectivity index (χ3n) is 7.26. The number of ether oxygens (including phenoxy) is 1. The fourth-order valence-electron chi connectivity index (χ4n) is 5.27. The number of ketones is 1. The van der Waals surface area contributed by atoms with Gasteiger partial charge in [-0.25, -0.2) is 19.3 Å². The highest BCUT2D eigenvalue weighted by Crippen LogP contribution is 2.48. The fourth-order valence-corrected chi connectivity index (χ4v) is 5.59. The van der Waals surface area contributed by atoms with Crippen molar-refractivity contribution in [2.75, 3.05) is 12.4 Å². The maximum atomic E-state index is 13.6. The van der Waals surface area contributed by atoms with E-state index >= 15 is 0 Å². The molecule has 2 amide bonds. The van der Waals surface area contributed by atoms with Gasteiger partial charge in [0.05, 0.1) is 12.6 Å². The summed E-state index contributed by atoms with van der Waals surface area (Å²) < 4.78 is 20.1. The molecule has 13 heteroatoms. The lowest BCUT2D eigenvalue weighted by atomic mass is 10.0. The molecule has 1 aliphatic carbocycles. The predicted octanol–water partition coefficient (Wildman–Crippen LogP) is 3.63. The molecule has 3 atom stereocenters. The predicted molar refractivity (Wildman–Crippen MR) is 145 cm³/mol. The minimum Gasteiger partial charge on any atom is -0.467 e. The van der Waals surface area contributed by atoms with Crippen molar-refractivity contribution in [3.05, 3.63) is 58.8 Å². The van der Waals surface area contributed by atoms with E-state index in [0.29, 0.717) is 17.3 Å². The van der Waals surface area contributed by atoms with Crippen LogP contribution in [0, 0.1) is 11.7 Å². The summed E-state index contributed by atoms with van der Waals surface area (Å²) in [6, 6.07) is 7.57. The number of aromatic nitrogens is 5. The number of likely N-dealkylation sites (tertiary alicyclic amines) is 1. The van der Waals surface area contributed by atoms with Gasteiger partial charge in [-0.1, -0.05) is 6.07 Å². The smallest absolute Gasteiger partial charge is 0.316 e. The van der Waals surface area contributed by atoms with E-state index in [1.807, 2.05) is 12.1 Å². The maximum Gasteiger partial charge on any atom is 0.316 e. The van der Waals surface area contributed by atoms with Crippen LogP contribution in [-0.2, 0) is 16.1 Å². The van der Waals surface area contributed by atoms with Crippen molar-refractivity contribution in [3.63, 3.8) is 0 Å². The number of amides is 2. The number of nitrogens with zero attached hydrogens (tertiary/aromatic N) is 6. The van der Waals surface area contributed by atoms with Crippen LogP contribution in [0.25, 0.3) is 22.0 Å². The number of piperidine rings is 1. The first-order chi connectivity index (χ1) is 19.2. The van der Waals surface area contributed by atoms with E-state index in [2.05, 4.69) is 41.3 Å². The molecule has 2 fully saturated rings. The maximum absolute atomic E-state index is 13.6. The van der Waals surface area contributed by atoms with Crippen molar-refractivity contribution in [2.45, 2.75) is 38.4 Å². The van der Waals surface area contributed by atoms with Gasteiger partial charge < -0.3 is 15.0 Å². The number of pyridine rings is 1. The monoisotopic (exact) mass is 607 g/mol. The first-order valence-electron chi connectivity index (χ1n) is 12.6. The van der Waals surface area contributed by atoms with Gasteiger partial charge in [0, 0.05) is 36.3 Å². The van der Waals surface area contributed by atoms with Gasteiger partial charge in [0.15, 0.2) is 11.6 Å². The summed E-state index contributed by atoms with van der Waals surface area (Å²) in [6.45, 7) is 1.29. The Hall–Kier alpha value is -4.26. The lowest BCUT2D eigenvalue weighted by molar-refractivity contribution is -0.138. The van der Waals surface area contributed by atoms with Gasteiger partial charge in [-0.2, -0.15) is 5.10 Å². The van der Waals surface area contributed by atoms with Crippen LogP contribution in [0.5, 0.6) is 6.01 Å². The van der Waals surface area contributed by atoms with Crippen LogP contribution in [0.15, 0.2) is 47.3 Å². The molecule has 2 aliphatic rings. The number of benzene rings is 1. The number of anilines is 1. The van der Waals surface area contributed by atoms with Crippen molar-refractivity contribution >= 4 is 50.2 Å². The zero-order valence-corrected chi connectivity index (χ0v) is 23.1. The average Bonchev–Trinajstić information content (AvgIpc) is 3.45. The number of nitrogens with one attached hydrogen (secondary N) is 1. The van der Waals surface area contributed by atoms with E-state index in [-0.39, 0.29) is 58.2 Å². The van der Waals surface area contributed by atoms with Crippen molar-refractivity contribution < 1.29 is 23.5 Å². The third-order valence-corrected chi connectivity index (χ3v) is 7.82. The second-order valence-electron chi connectivity index (χ2n) is 9.83. The first-order valence-corrected chi connectivity index (χ1v) is 13.3. The molecule has 0 bridgehead atoms. The highest BCUT2D eigenvalue weighted by atomic mass is 79.9. The Bertz CT molecular complexity index is 1680. The molecule has 3 aromatic heterocycles. The minimum atomic E-state index is -0.683. The summed E-state index contributed by atoms with van der Waals surface area (Å²) in [7, 11) is 1.48. The quantitative estimate of drug-likeness (QED) is 0.249. The second kappa shape index (κ2) is 10.0. The standard InChI is InChI=1S/C27H23BrFN7O4/c1-13(37)24-17-7-14(16-10-30-27(40-2)31-11-16)3-5-19(17)35(34-24)12-23(38)36-20-8-15(20)9-21(36)26(39)33-22-6-4-18(29)25(28)32-22/h3-7,10-11,15,20-21H,8-9,12H2,1-2H3,(H,32,33,39)/t15-,20-,21+/m1/s1. The SMILES string of the molecule is COc1ncc(-c2ccc3c(c2)c(C(C)=O)nn3CC(=O)N2[C@@H]3C[C@@H]3C[C@H]2C(=O)Nc2ccc(F)c(Br)n2)cn1. The lowest BCUT2D eigenvalue weighted by Crippen LogP contribution is -2.46. The molecule has 40 heavy (non-hydrogen) atoms. The summed E-state index contributed by atoms with van der Waals surface area (Å²) in [5, 5.41) is 7.77. The molecule has 0 unspecified atom stereocenters.